The number of nitrogens with zero attached hydrogens (tertiary/aromatic N) is 2. The van der Waals surface area contributed by atoms with E-state index in [2.05, 4.69) is 22.8 Å². The van der Waals surface area contributed by atoms with Crippen molar-refractivity contribution >= 4 is 29.3 Å². The first-order chi connectivity index (χ1) is 13.1. The van der Waals surface area contributed by atoms with Crippen molar-refractivity contribution in [2.45, 2.75) is 32.1 Å². The molecule has 6 nitrogen and oxygen atoms in total. The highest BCUT2D eigenvalue weighted by Crippen LogP contribution is 2.51. The minimum Gasteiger partial charge on any atom is -0.325 e. The molecule has 138 valence electrons. The molecule has 1 unspecified atom stereocenters. The van der Waals surface area contributed by atoms with Crippen LogP contribution in [-0.2, 0) is 9.59 Å². The summed E-state index contributed by atoms with van der Waals surface area (Å²) in [6.07, 6.45) is 4.14. The second-order valence-electron chi connectivity index (χ2n) is 6.79. The molecule has 3 rings (SSSR count). The van der Waals surface area contributed by atoms with Crippen molar-refractivity contribution in [1.82, 2.24) is 5.32 Å². The number of nitriles is 2. The van der Waals surface area contributed by atoms with Gasteiger partial charge in [-0.25, -0.2) is 0 Å². The number of hydrogen-bond acceptors (Lipinski definition) is 5. The van der Waals surface area contributed by atoms with Gasteiger partial charge in [0.15, 0.2) is 0 Å². The van der Waals surface area contributed by atoms with Gasteiger partial charge in [0.2, 0.25) is 11.8 Å². The Morgan fingerprint density at radius 3 is 2.56 bits per heavy atom. The van der Waals surface area contributed by atoms with Crippen molar-refractivity contribution in [3.8, 4) is 12.1 Å². The summed E-state index contributed by atoms with van der Waals surface area (Å²) in [5, 5.41) is 25.2. The first-order valence-corrected chi connectivity index (χ1v) is 9.92. The minimum atomic E-state index is -0.852. The number of amides is 2. The monoisotopic (exact) mass is 380 g/mol. The molecule has 27 heavy (non-hydrogen) atoms. The average Bonchev–Trinajstić information content (AvgIpc) is 2.68. The van der Waals surface area contributed by atoms with Gasteiger partial charge in [0.25, 0.3) is 0 Å². The molecule has 1 aliphatic heterocycles. The van der Waals surface area contributed by atoms with E-state index in [-0.39, 0.29) is 17.6 Å². The highest BCUT2D eigenvalue weighted by Gasteiger charge is 2.51. The van der Waals surface area contributed by atoms with Crippen LogP contribution in [0.5, 0.6) is 0 Å². The fourth-order valence-corrected chi connectivity index (χ4v) is 4.81. The molecule has 7 heteroatoms. The van der Waals surface area contributed by atoms with Crippen LogP contribution in [0.25, 0.3) is 0 Å². The van der Waals surface area contributed by atoms with Crippen molar-refractivity contribution in [3.05, 3.63) is 40.9 Å². The van der Waals surface area contributed by atoms with Crippen LogP contribution in [-0.4, -0.2) is 17.6 Å². The molecule has 1 aromatic carbocycles. The Hall–Kier alpha value is -2.77. The van der Waals surface area contributed by atoms with Gasteiger partial charge in [-0.15, -0.1) is 0 Å². The minimum absolute atomic E-state index is 0.0724. The van der Waals surface area contributed by atoms with E-state index in [4.69, 9.17) is 0 Å². The molecule has 2 aliphatic rings. The van der Waals surface area contributed by atoms with E-state index in [9.17, 15) is 20.1 Å². The van der Waals surface area contributed by atoms with Crippen LogP contribution in [0.15, 0.2) is 40.9 Å². The molecule has 1 heterocycles. The number of nitrogens with one attached hydrogen (secondary N) is 2. The molecule has 1 aromatic rings. The Balaban J connectivity index is 1.80. The summed E-state index contributed by atoms with van der Waals surface area (Å²) < 4.78 is 0. The lowest BCUT2D eigenvalue weighted by Gasteiger charge is -2.43. The molecule has 1 spiro atoms. The van der Waals surface area contributed by atoms with Crippen molar-refractivity contribution in [3.63, 3.8) is 0 Å². The van der Waals surface area contributed by atoms with Gasteiger partial charge < -0.3 is 10.6 Å². The lowest BCUT2D eigenvalue weighted by Crippen LogP contribution is -2.48. The molecule has 0 saturated heterocycles. The summed E-state index contributed by atoms with van der Waals surface area (Å²) in [4.78, 5) is 24.7. The summed E-state index contributed by atoms with van der Waals surface area (Å²) in [5.74, 6) is -1.37. The molecular weight excluding hydrogens is 360 g/mol. The highest BCUT2D eigenvalue weighted by atomic mass is 32.2. The predicted octanol–water partition coefficient (Wildman–Crippen LogP) is 3.31. The van der Waals surface area contributed by atoms with E-state index in [1.807, 2.05) is 18.2 Å². The van der Waals surface area contributed by atoms with Crippen LogP contribution in [0.4, 0.5) is 5.69 Å². The van der Waals surface area contributed by atoms with Crippen LogP contribution < -0.4 is 10.6 Å². The molecule has 2 N–H and O–H groups in total. The van der Waals surface area contributed by atoms with Crippen molar-refractivity contribution < 1.29 is 9.59 Å². The molecule has 0 radical (unpaired) electrons. The van der Waals surface area contributed by atoms with E-state index >= 15 is 0 Å². The number of carbonyl (C=O) groups excluding carboxylic acids is 2. The maximum atomic E-state index is 12.5. The normalized spacial score (nSPS) is 21.1. The maximum Gasteiger partial charge on any atom is 0.243 e. The first kappa shape index (κ1) is 19.0. The number of rotatable bonds is 4. The van der Waals surface area contributed by atoms with Crippen LogP contribution in [0.3, 0.4) is 0 Å². The number of allylic oxidation sites excluding steroid dienone is 1. The summed E-state index contributed by atoms with van der Waals surface area (Å²) in [5.41, 5.74) is 0.423. The fourth-order valence-electron chi connectivity index (χ4n) is 3.90. The number of carbonyl (C=O) groups is 2. The maximum absolute atomic E-state index is 12.5. The lowest BCUT2D eigenvalue weighted by molar-refractivity contribution is -0.126. The Bertz CT molecular complexity index is 845. The Morgan fingerprint density at radius 1 is 1.22 bits per heavy atom. The quantitative estimate of drug-likeness (QED) is 0.833. The van der Waals surface area contributed by atoms with Crippen molar-refractivity contribution in [1.29, 1.82) is 10.5 Å². The zero-order valence-electron chi connectivity index (χ0n) is 14.8. The summed E-state index contributed by atoms with van der Waals surface area (Å²) in [6.45, 7) is 0. The average molecular weight is 380 g/mol. The van der Waals surface area contributed by atoms with E-state index in [0.29, 0.717) is 29.1 Å². The van der Waals surface area contributed by atoms with Crippen LogP contribution in [0, 0.1) is 34.0 Å². The third-order valence-corrected chi connectivity index (χ3v) is 6.17. The van der Waals surface area contributed by atoms with Gasteiger partial charge in [-0.2, -0.15) is 10.5 Å². The van der Waals surface area contributed by atoms with Gasteiger partial charge in [-0.3, -0.25) is 9.59 Å². The van der Waals surface area contributed by atoms with Crippen LogP contribution in [0.1, 0.15) is 32.1 Å². The third-order valence-electron chi connectivity index (χ3n) is 5.17. The Labute approximate surface area is 162 Å². The molecule has 1 fully saturated rings. The predicted molar refractivity (Wildman–Crippen MR) is 103 cm³/mol. The second kappa shape index (κ2) is 8.28. The molecule has 0 bridgehead atoms. The summed E-state index contributed by atoms with van der Waals surface area (Å²) >= 11 is 1.15. The summed E-state index contributed by atoms with van der Waals surface area (Å²) in [7, 11) is 0. The van der Waals surface area contributed by atoms with Gasteiger partial charge in [-0.05, 0) is 25.0 Å². The first-order valence-electron chi connectivity index (χ1n) is 8.94. The number of benzene rings is 1. The largest absolute Gasteiger partial charge is 0.325 e. The highest BCUT2D eigenvalue weighted by molar-refractivity contribution is 8.03. The Kier molecular flexibility index (Phi) is 5.83. The standard InChI is InChI=1S/C20H20N4O2S/c21-11-15-18(26)24-19(16(12-22)20(15)9-5-2-6-10-20)27-13-17(25)23-14-7-3-1-4-8-14/h1,3-4,7-8,15H,2,5-6,9-10,13H2,(H,23,25)(H,24,26). The number of para-hydroxylation sites is 1. The second-order valence-corrected chi connectivity index (χ2v) is 7.77. The number of thioether (sulfide) groups is 1. The van der Waals surface area contributed by atoms with E-state index in [1.54, 1.807) is 12.1 Å². The molecule has 2 amide bonds. The van der Waals surface area contributed by atoms with Crippen LogP contribution >= 0.6 is 11.8 Å². The van der Waals surface area contributed by atoms with Crippen molar-refractivity contribution in [2.24, 2.45) is 11.3 Å². The Morgan fingerprint density at radius 2 is 1.93 bits per heavy atom. The van der Waals surface area contributed by atoms with E-state index in [1.165, 1.54) is 0 Å². The topological polar surface area (TPSA) is 106 Å². The number of anilines is 1. The molecule has 0 aromatic heterocycles. The van der Waals surface area contributed by atoms with Gasteiger partial charge >= 0.3 is 0 Å². The van der Waals surface area contributed by atoms with Crippen molar-refractivity contribution in [2.75, 3.05) is 11.1 Å². The third kappa shape index (κ3) is 3.84. The molecular formula is C20H20N4O2S. The van der Waals surface area contributed by atoms with Gasteiger partial charge in [0.05, 0.1) is 28.5 Å². The molecule has 1 saturated carbocycles. The molecule has 1 aliphatic carbocycles. The molecule has 1 atom stereocenters. The van der Waals surface area contributed by atoms with E-state index in [0.717, 1.165) is 31.0 Å². The van der Waals surface area contributed by atoms with Crippen LogP contribution in [0.2, 0.25) is 0 Å². The zero-order chi connectivity index (χ0) is 19.3. The van der Waals surface area contributed by atoms with Gasteiger partial charge in [0, 0.05) is 11.1 Å². The number of hydrogen-bond donors (Lipinski definition) is 2. The van der Waals surface area contributed by atoms with Gasteiger partial charge in [-0.1, -0.05) is 49.2 Å². The smallest absolute Gasteiger partial charge is 0.243 e. The van der Waals surface area contributed by atoms with E-state index < -0.39 is 11.3 Å². The summed E-state index contributed by atoms with van der Waals surface area (Å²) in [6, 6.07) is 13.4. The SMILES string of the molecule is N#CC1=C(SCC(=O)Nc2ccccc2)NC(=O)C(C#N)C12CCCCC2. The fraction of sp³-hybridized carbons (Fsp3) is 0.400. The lowest BCUT2D eigenvalue weighted by atomic mass is 9.61. The zero-order valence-corrected chi connectivity index (χ0v) is 15.6. The van der Waals surface area contributed by atoms with Gasteiger partial charge in [0.1, 0.15) is 5.92 Å².